The summed E-state index contributed by atoms with van der Waals surface area (Å²) in [4.78, 5) is -0.792. The summed E-state index contributed by atoms with van der Waals surface area (Å²) in [6, 6.07) is 0. The maximum absolute atomic E-state index is 10.2. The van der Waals surface area contributed by atoms with Crippen LogP contribution >= 0.6 is 23.2 Å². The van der Waals surface area contributed by atoms with E-state index in [0.29, 0.717) is 0 Å². The SMILES string of the molecule is CS(=O)(=O)OCC(Cl)Cl. The molecule has 0 aliphatic rings. The van der Waals surface area contributed by atoms with Gasteiger partial charge in [0, 0.05) is 0 Å². The van der Waals surface area contributed by atoms with Crippen molar-refractivity contribution in [2.75, 3.05) is 12.9 Å². The van der Waals surface area contributed by atoms with Gasteiger partial charge in [-0.1, -0.05) is 0 Å². The molecule has 0 bridgehead atoms. The highest BCUT2D eigenvalue weighted by Crippen LogP contribution is 2.02. The van der Waals surface area contributed by atoms with Crippen molar-refractivity contribution in [2.24, 2.45) is 0 Å². The van der Waals surface area contributed by atoms with E-state index in [4.69, 9.17) is 23.2 Å². The van der Waals surface area contributed by atoms with E-state index in [-0.39, 0.29) is 6.61 Å². The zero-order valence-corrected chi connectivity index (χ0v) is 7.00. The van der Waals surface area contributed by atoms with E-state index in [1.54, 1.807) is 0 Å². The lowest BCUT2D eigenvalue weighted by atomic mass is 10.9. The van der Waals surface area contributed by atoms with Gasteiger partial charge in [-0.2, -0.15) is 8.42 Å². The minimum atomic E-state index is -3.39. The third-order valence-corrected chi connectivity index (χ3v) is 1.22. The zero-order chi connectivity index (χ0) is 7.49. The van der Waals surface area contributed by atoms with E-state index in [9.17, 15) is 8.42 Å². The molecule has 6 heteroatoms. The van der Waals surface area contributed by atoms with Gasteiger partial charge in [0.25, 0.3) is 10.1 Å². The number of halogens is 2. The Morgan fingerprint density at radius 2 is 2.00 bits per heavy atom. The molecule has 0 heterocycles. The highest BCUT2D eigenvalue weighted by molar-refractivity contribution is 7.85. The van der Waals surface area contributed by atoms with Crippen molar-refractivity contribution in [2.45, 2.75) is 4.84 Å². The van der Waals surface area contributed by atoms with Gasteiger partial charge in [0.1, 0.15) is 4.84 Å². The number of rotatable bonds is 3. The minimum absolute atomic E-state index is 0.193. The first-order valence-corrected chi connectivity index (χ1v) is 4.73. The Bertz CT molecular complexity index is 162. The Morgan fingerprint density at radius 1 is 1.56 bits per heavy atom. The van der Waals surface area contributed by atoms with Crippen LogP contribution in [0.5, 0.6) is 0 Å². The summed E-state index contributed by atoms with van der Waals surface area (Å²) in [6.07, 6.45) is 0.934. The van der Waals surface area contributed by atoms with Crippen LogP contribution in [0.3, 0.4) is 0 Å². The largest absolute Gasteiger partial charge is 0.267 e. The quantitative estimate of drug-likeness (QED) is 0.491. The highest BCUT2D eigenvalue weighted by atomic mass is 35.5. The molecule has 0 radical (unpaired) electrons. The van der Waals surface area contributed by atoms with E-state index in [2.05, 4.69) is 4.18 Å². The molecule has 0 saturated heterocycles. The van der Waals surface area contributed by atoms with E-state index >= 15 is 0 Å². The first kappa shape index (κ1) is 9.49. The van der Waals surface area contributed by atoms with Gasteiger partial charge in [-0.3, -0.25) is 4.18 Å². The Balaban J connectivity index is 3.53. The van der Waals surface area contributed by atoms with Gasteiger partial charge in [-0.05, 0) is 0 Å². The Kier molecular flexibility index (Phi) is 3.80. The van der Waals surface area contributed by atoms with Crippen molar-refractivity contribution in [3.05, 3.63) is 0 Å². The van der Waals surface area contributed by atoms with Gasteiger partial charge in [-0.15, -0.1) is 23.2 Å². The van der Waals surface area contributed by atoms with E-state index < -0.39 is 15.0 Å². The van der Waals surface area contributed by atoms with E-state index in [0.717, 1.165) is 6.26 Å². The number of hydrogen-bond acceptors (Lipinski definition) is 3. The first-order valence-electron chi connectivity index (χ1n) is 2.04. The topological polar surface area (TPSA) is 43.4 Å². The molecule has 0 spiro atoms. The Morgan fingerprint density at radius 3 is 2.11 bits per heavy atom. The maximum Gasteiger partial charge on any atom is 0.264 e. The van der Waals surface area contributed by atoms with Crippen LogP contribution in [0, 0.1) is 0 Å². The van der Waals surface area contributed by atoms with E-state index in [1.807, 2.05) is 0 Å². The highest BCUT2D eigenvalue weighted by Gasteiger charge is 2.04. The average molecular weight is 193 g/mol. The molecule has 0 N–H and O–H groups in total. The second-order valence-corrected chi connectivity index (χ2v) is 4.30. The van der Waals surface area contributed by atoms with Crippen molar-refractivity contribution < 1.29 is 12.6 Å². The molecular formula is C3H6Cl2O3S. The van der Waals surface area contributed by atoms with Gasteiger partial charge in [-0.25, -0.2) is 0 Å². The summed E-state index contributed by atoms with van der Waals surface area (Å²) < 4.78 is 24.6. The van der Waals surface area contributed by atoms with Crippen LogP contribution in [0.2, 0.25) is 0 Å². The van der Waals surface area contributed by atoms with Crippen molar-refractivity contribution >= 4 is 33.3 Å². The Hall–Kier alpha value is 0.490. The minimum Gasteiger partial charge on any atom is -0.267 e. The lowest BCUT2D eigenvalue weighted by Crippen LogP contribution is -2.08. The average Bonchev–Trinajstić information content (AvgIpc) is 1.59. The number of hydrogen-bond donors (Lipinski definition) is 0. The summed E-state index contributed by atoms with van der Waals surface area (Å²) in [5, 5.41) is 0. The fourth-order valence-electron chi connectivity index (χ4n) is 0.175. The molecule has 0 aromatic carbocycles. The fourth-order valence-corrected chi connectivity index (χ4v) is 0.834. The molecule has 0 aromatic heterocycles. The molecule has 9 heavy (non-hydrogen) atoms. The predicted molar refractivity (Wildman–Crippen MR) is 36.3 cm³/mol. The van der Waals surface area contributed by atoms with Crippen LogP contribution in [0.1, 0.15) is 0 Å². The van der Waals surface area contributed by atoms with Crippen LogP contribution in [-0.2, 0) is 14.3 Å². The number of alkyl halides is 2. The molecule has 56 valence electrons. The zero-order valence-electron chi connectivity index (χ0n) is 4.67. The van der Waals surface area contributed by atoms with E-state index in [1.165, 1.54) is 0 Å². The molecule has 0 unspecified atom stereocenters. The predicted octanol–water partition coefficient (Wildman–Crippen LogP) is 0.766. The molecule has 0 saturated carbocycles. The van der Waals surface area contributed by atoms with Gasteiger partial charge in [0.2, 0.25) is 0 Å². The molecule has 0 fully saturated rings. The summed E-state index contributed by atoms with van der Waals surface area (Å²) >= 11 is 10.3. The van der Waals surface area contributed by atoms with Gasteiger partial charge in [0.15, 0.2) is 0 Å². The van der Waals surface area contributed by atoms with Crippen molar-refractivity contribution in [3.63, 3.8) is 0 Å². The molecule has 0 aromatic rings. The van der Waals surface area contributed by atoms with Crippen LogP contribution in [0.25, 0.3) is 0 Å². The molecule has 0 amide bonds. The molecular weight excluding hydrogens is 187 g/mol. The van der Waals surface area contributed by atoms with Gasteiger partial charge < -0.3 is 0 Å². The van der Waals surface area contributed by atoms with Gasteiger partial charge >= 0.3 is 0 Å². The third-order valence-electron chi connectivity index (χ3n) is 0.408. The standard InChI is InChI=1S/C3H6Cl2O3S/c1-9(6,7)8-2-3(4)5/h3H,2H2,1H3. The molecule has 0 aliphatic heterocycles. The third kappa shape index (κ3) is 8.49. The molecule has 3 nitrogen and oxygen atoms in total. The first-order chi connectivity index (χ1) is 3.92. The maximum atomic E-state index is 10.2. The Labute approximate surface area is 64.0 Å². The monoisotopic (exact) mass is 192 g/mol. The second kappa shape index (κ2) is 3.61. The smallest absolute Gasteiger partial charge is 0.264 e. The molecule has 0 atom stereocenters. The second-order valence-electron chi connectivity index (χ2n) is 1.38. The lowest BCUT2D eigenvalue weighted by Gasteiger charge is -1.98. The van der Waals surface area contributed by atoms with Gasteiger partial charge in [0.05, 0.1) is 12.9 Å². The van der Waals surface area contributed by atoms with Crippen LogP contribution in [0.4, 0.5) is 0 Å². The molecule has 0 aliphatic carbocycles. The summed E-state index contributed by atoms with van der Waals surface area (Å²) in [7, 11) is -3.39. The summed E-state index contributed by atoms with van der Waals surface area (Å²) in [5.74, 6) is 0. The van der Waals surface area contributed by atoms with Crippen molar-refractivity contribution in [1.82, 2.24) is 0 Å². The molecule has 0 rings (SSSR count). The summed E-state index contributed by atoms with van der Waals surface area (Å²) in [6.45, 7) is -0.193. The van der Waals surface area contributed by atoms with Crippen LogP contribution in [-0.4, -0.2) is 26.1 Å². The van der Waals surface area contributed by atoms with Crippen LogP contribution in [0.15, 0.2) is 0 Å². The van der Waals surface area contributed by atoms with Crippen LogP contribution < -0.4 is 0 Å². The fraction of sp³-hybridized carbons (Fsp3) is 1.00. The lowest BCUT2D eigenvalue weighted by molar-refractivity contribution is 0.337. The van der Waals surface area contributed by atoms with Crippen molar-refractivity contribution in [3.8, 4) is 0 Å². The summed E-state index contributed by atoms with van der Waals surface area (Å²) in [5.41, 5.74) is 0. The normalized spacial score (nSPS) is 12.4. The van der Waals surface area contributed by atoms with Crippen molar-refractivity contribution in [1.29, 1.82) is 0 Å².